The molecule has 1 aliphatic rings. The third kappa shape index (κ3) is 2.44. The molecule has 1 heterocycles. The van der Waals surface area contributed by atoms with Crippen molar-refractivity contribution >= 4 is 5.78 Å². The summed E-state index contributed by atoms with van der Waals surface area (Å²) in [5.41, 5.74) is 5.81. The van der Waals surface area contributed by atoms with Gasteiger partial charge in [-0.3, -0.25) is 4.79 Å². The molecule has 1 aromatic heterocycles. The molecule has 1 aromatic carbocycles. The van der Waals surface area contributed by atoms with E-state index >= 15 is 0 Å². The third-order valence-corrected chi connectivity index (χ3v) is 4.48. The Balaban J connectivity index is 2.13. The number of rotatable bonds is 2. The second kappa shape index (κ2) is 4.87. The summed E-state index contributed by atoms with van der Waals surface area (Å²) in [6.07, 6.45) is 2.66. The van der Waals surface area contributed by atoms with Gasteiger partial charge in [0.15, 0.2) is 5.78 Å². The molecule has 0 fully saturated rings. The number of fused-ring (bicyclic) bond motifs is 1. The number of hydrogen-bond acceptors (Lipinski definition) is 1. The topological polar surface area (TPSA) is 22.0 Å². The minimum atomic E-state index is 0.0516. The van der Waals surface area contributed by atoms with Crippen LogP contribution in [0, 0.1) is 12.3 Å². The van der Waals surface area contributed by atoms with Gasteiger partial charge in [-0.1, -0.05) is 32.9 Å². The van der Waals surface area contributed by atoms with E-state index in [2.05, 4.69) is 62.6 Å². The first-order valence-electron chi connectivity index (χ1n) is 7.75. The quantitative estimate of drug-likeness (QED) is 0.794. The van der Waals surface area contributed by atoms with Crippen LogP contribution in [0.1, 0.15) is 54.5 Å². The maximum atomic E-state index is 12.4. The maximum absolute atomic E-state index is 12.4. The van der Waals surface area contributed by atoms with Crippen molar-refractivity contribution in [1.29, 1.82) is 0 Å². The Bertz CT molecular complexity index is 689. The van der Waals surface area contributed by atoms with E-state index in [1.54, 1.807) is 0 Å². The summed E-state index contributed by atoms with van der Waals surface area (Å²) < 4.78 is 2.26. The second-order valence-corrected chi connectivity index (χ2v) is 6.94. The van der Waals surface area contributed by atoms with E-state index in [1.165, 1.54) is 11.3 Å². The summed E-state index contributed by atoms with van der Waals surface area (Å²) in [5, 5.41) is 0. The zero-order valence-electron chi connectivity index (χ0n) is 13.4. The van der Waals surface area contributed by atoms with E-state index < -0.39 is 0 Å². The monoisotopic (exact) mass is 281 g/mol. The summed E-state index contributed by atoms with van der Waals surface area (Å²) in [5.74, 6) is 0.285. The lowest BCUT2D eigenvalue weighted by Crippen LogP contribution is -2.27. The van der Waals surface area contributed by atoms with Crippen molar-refractivity contribution in [1.82, 2.24) is 4.57 Å². The predicted molar refractivity (Wildman–Crippen MR) is 86.3 cm³/mol. The molecule has 21 heavy (non-hydrogen) atoms. The van der Waals surface area contributed by atoms with Crippen LogP contribution in [-0.2, 0) is 12.8 Å². The van der Waals surface area contributed by atoms with E-state index in [0.717, 1.165) is 29.8 Å². The zero-order valence-corrected chi connectivity index (χ0v) is 13.4. The van der Waals surface area contributed by atoms with Gasteiger partial charge in [0, 0.05) is 29.1 Å². The highest BCUT2D eigenvalue weighted by Gasteiger charge is 2.34. The smallest absolute Gasteiger partial charge is 0.165 e. The van der Waals surface area contributed by atoms with Crippen molar-refractivity contribution in [3.05, 3.63) is 52.8 Å². The standard InChI is InChI=1S/C19H23NO/c1-5-14-6-8-15(9-7-14)20-13(2)10-16-17(20)11-19(3,4)12-18(16)21/h6-10H,5,11-12H2,1-4H3. The molecule has 2 aromatic rings. The highest BCUT2D eigenvalue weighted by atomic mass is 16.1. The van der Waals surface area contributed by atoms with Crippen LogP contribution in [0.4, 0.5) is 0 Å². The largest absolute Gasteiger partial charge is 0.317 e. The first-order chi connectivity index (χ1) is 9.91. The van der Waals surface area contributed by atoms with E-state index in [-0.39, 0.29) is 11.2 Å². The maximum Gasteiger partial charge on any atom is 0.165 e. The predicted octanol–water partition coefficient (Wildman–Crippen LogP) is 4.50. The van der Waals surface area contributed by atoms with Gasteiger partial charge in [-0.15, -0.1) is 0 Å². The Kier molecular flexibility index (Phi) is 3.27. The van der Waals surface area contributed by atoms with Crippen molar-refractivity contribution in [3.8, 4) is 5.69 Å². The fourth-order valence-corrected chi connectivity index (χ4v) is 3.39. The van der Waals surface area contributed by atoms with E-state index in [9.17, 15) is 4.79 Å². The first-order valence-corrected chi connectivity index (χ1v) is 7.75. The molecule has 110 valence electrons. The molecule has 0 atom stereocenters. The molecule has 0 saturated heterocycles. The molecule has 0 radical (unpaired) electrons. The minimum Gasteiger partial charge on any atom is -0.317 e. The highest BCUT2D eigenvalue weighted by molar-refractivity contribution is 5.99. The van der Waals surface area contributed by atoms with Crippen molar-refractivity contribution < 1.29 is 4.79 Å². The summed E-state index contributed by atoms with van der Waals surface area (Å²) in [6.45, 7) is 8.62. The SMILES string of the molecule is CCc1ccc(-n2c(C)cc3c2CC(C)(C)CC3=O)cc1. The Hall–Kier alpha value is -1.83. The zero-order chi connectivity index (χ0) is 15.2. The summed E-state index contributed by atoms with van der Waals surface area (Å²) in [7, 11) is 0. The van der Waals surface area contributed by atoms with Gasteiger partial charge in [-0.05, 0) is 48.9 Å². The van der Waals surface area contributed by atoms with E-state index in [0.29, 0.717) is 6.42 Å². The number of carbonyl (C=O) groups excluding carboxylic acids is 1. The van der Waals surface area contributed by atoms with Crippen LogP contribution in [-0.4, -0.2) is 10.4 Å². The number of benzene rings is 1. The van der Waals surface area contributed by atoms with Crippen molar-refractivity contribution in [3.63, 3.8) is 0 Å². The van der Waals surface area contributed by atoms with Gasteiger partial charge >= 0.3 is 0 Å². The van der Waals surface area contributed by atoms with Gasteiger partial charge < -0.3 is 4.57 Å². The molecule has 0 N–H and O–H groups in total. The molecule has 1 aliphatic carbocycles. The molecule has 2 nitrogen and oxygen atoms in total. The van der Waals surface area contributed by atoms with Crippen LogP contribution < -0.4 is 0 Å². The number of carbonyl (C=O) groups is 1. The van der Waals surface area contributed by atoms with Crippen molar-refractivity contribution in [2.75, 3.05) is 0 Å². The van der Waals surface area contributed by atoms with Gasteiger partial charge in [0.1, 0.15) is 0 Å². The van der Waals surface area contributed by atoms with Crippen molar-refractivity contribution in [2.24, 2.45) is 5.41 Å². The normalized spacial score (nSPS) is 16.9. The fourth-order valence-electron chi connectivity index (χ4n) is 3.39. The lowest BCUT2D eigenvalue weighted by atomic mass is 9.76. The summed E-state index contributed by atoms with van der Waals surface area (Å²) >= 11 is 0. The number of aryl methyl sites for hydroxylation is 2. The molecular weight excluding hydrogens is 258 g/mol. The van der Waals surface area contributed by atoms with Crippen molar-refractivity contribution in [2.45, 2.75) is 47.0 Å². The van der Waals surface area contributed by atoms with Crippen LogP contribution in [0.3, 0.4) is 0 Å². The Labute approximate surface area is 126 Å². The minimum absolute atomic E-state index is 0.0516. The van der Waals surface area contributed by atoms with E-state index in [1.807, 2.05) is 0 Å². The molecule has 0 unspecified atom stereocenters. The second-order valence-electron chi connectivity index (χ2n) is 6.94. The average Bonchev–Trinajstić information content (AvgIpc) is 2.74. The molecule has 3 rings (SSSR count). The summed E-state index contributed by atoms with van der Waals surface area (Å²) in [4.78, 5) is 12.4. The van der Waals surface area contributed by atoms with Gasteiger partial charge in [0.05, 0.1) is 0 Å². The fraction of sp³-hybridized carbons (Fsp3) is 0.421. The first kappa shape index (κ1) is 14.1. The number of nitrogens with zero attached hydrogens (tertiary/aromatic N) is 1. The average molecular weight is 281 g/mol. The molecule has 0 amide bonds. The van der Waals surface area contributed by atoms with Crippen LogP contribution in [0.5, 0.6) is 0 Å². The Morgan fingerprint density at radius 3 is 2.43 bits per heavy atom. The van der Waals surface area contributed by atoms with Crippen LogP contribution >= 0.6 is 0 Å². The molecule has 0 saturated carbocycles. The van der Waals surface area contributed by atoms with Gasteiger partial charge in [-0.2, -0.15) is 0 Å². The van der Waals surface area contributed by atoms with Gasteiger partial charge in [0.25, 0.3) is 0 Å². The molecule has 0 bridgehead atoms. The van der Waals surface area contributed by atoms with Crippen LogP contribution in [0.2, 0.25) is 0 Å². The number of ketones is 1. The summed E-state index contributed by atoms with van der Waals surface area (Å²) in [6, 6.07) is 10.7. The lowest BCUT2D eigenvalue weighted by Gasteiger charge is -2.30. The van der Waals surface area contributed by atoms with Gasteiger partial charge in [0.2, 0.25) is 0 Å². The van der Waals surface area contributed by atoms with Crippen LogP contribution in [0.15, 0.2) is 30.3 Å². The molecule has 0 aliphatic heterocycles. The number of hydrogen-bond donors (Lipinski definition) is 0. The van der Waals surface area contributed by atoms with Gasteiger partial charge in [-0.25, -0.2) is 0 Å². The number of Topliss-reactive ketones (excluding diaryl/α,β-unsaturated/α-hetero) is 1. The molecule has 0 spiro atoms. The van der Waals surface area contributed by atoms with E-state index in [4.69, 9.17) is 0 Å². The molecular formula is C19H23NO. The number of aromatic nitrogens is 1. The Morgan fingerprint density at radius 2 is 1.81 bits per heavy atom. The third-order valence-electron chi connectivity index (χ3n) is 4.48. The van der Waals surface area contributed by atoms with Crippen LogP contribution in [0.25, 0.3) is 5.69 Å². The molecule has 2 heteroatoms. The Morgan fingerprint density at radius 1 is 1.14 bits per heavy atom. The highest BCUT2D eigenvalue weighted by Crippen LogP contribution is 2.37. The lowest BCUT2D eigenvalue weighted by molar-refractivity contribution is 0.0911.